The van der Waals surface area contributed by atoms with Gasteiger partial charge in [-0.2, -0.15) is 5.10 Å². The van der Waals surface area contributed by atoms with Gasteiger partial charge < -0.3 is 14.6 Å². The van der Waals surface area contributed by atoms with Gasteiger partial charge >= 0.3 is 0 Å². The largest absolute Gasteiger partial charge is 0.439 e. The number of nitrogens with zero attached hydrogens (tertiary/aromatic N) is 3. The van der Waals surface area contributed by atoms with Gasteiger partial charge in [0.1, 0.15) is 5.75 Å². The molecule has 0 fully saturated rings. The number of benzene rings is 2. The minimum atomic E-state index is -0.613. The predicted octanol–water partition coefficient (Wildman–Crippen LogP) is 5.40. The lowest BCUT2D eigenvalue weighted by molar-refractivity contribution is 0.0177. The van der Waals surface area contributed by atoms with Gasteiger partial charge in [-0.05, 0) is 57.2 Å². The van der Waals surface area contributed by atoms with Crippen LogP contribution in [-0.4, -0.2) is 51.7 Å². The van der Waals surface area contributed by atoms with E-state index < -0.39 is 6.10 Å². The summed E-state index contributed by atoms with van der Waals surface area (Å²) in [4.78, 5) is 2.19. The first-order valence-electron chi connectivity index (χ1n) is 11.1. The molecule has 0 radical (unpaired) electrons. The standard InChI is InChI=1S/C26H32ClN3O3/c1-5-15-32-18-23(31)16-29(19(2)3)17-25-20(4)28-30(22-9-7-6-8-10-22)26(25)33-24-13-11-21(27)12-14-24/h5-14,19,23,31H,1,15-18H2,2-4H3. The van der Waals surface area contributed by atoms with Crippen molar-refractivity contribution in [2.24, 2.45) is 0 Å². The van der Waals surface area contributed by atoms with Crippen molar-refractivity contribution in [2.75, 3.05) is 19.8 Å². The molecule has 0 aliphatic heterocycles. The Morgan fingerprint density at radius 2 is 1.85 bits per heavy atom. The van der Waals surface area contributed by atoms with Crippen LogP contribution in [0.25, 0.3) is 5.69 Å². The Kier molecular flexibility index (Phi) is 9.09. The fourth-order valence-electron chi connectivity index (χ4n) is 3.46. The highest BCUT2D eigenvalue weighted by atomic mass is 35.5. The summed E-state index contributed by atoms with van der Waals surface area (Å²) in [6, 6.07) is 17.4. The molecule has 6 nitrogen and oxygen atoms in total. The maximum Gasteiger partial charge on any atom is 0.227 e. The van der Waals surface area contributed by atoms with Crippen molar-refractivity contribution in [1.82, 2.24) is 14.7 Å². The summed E-state index contributed by atoms with van der Waals surface area (Å²) < 4.78 is 13.6. The van der Waals surface area contributed by atoms with Crippen molar-refractivity contribution in [1.29, 1.82) is 0 Å². The minimum Gasteiger partial charge on any atom is -0.439 e. The van der Waals surface area contributed by atoms with E-state index in [2.05, 4.69) is 25.3 Å². The average molecular weight is 470 g/mol. The van der Waals surface area contributed by atoms with E-state index in [4.69, 9.17) is 26.2 Å². The van der Waals surface area contributed by atoms with Crippen LogP contribution < -0.4 is 4.74 Å². The van der Waals surface area contributed by atoms with Crippen molar-refractivity contribution >= 4 is 11.6 Å². The van der Waals surface area contributed by atoms with Crippen LogP contribution in [0.1, 0.15) is 25.1 Å². The Morgan fingerprint density at radius 1 is 1.15 bits per heavy atom. The highest BCUT2D eigenvalue weighted by Crippen LogP contribution is 2.32. The third-order valence-electron chi connectivity index (χ3n) is 5.25. The first-order chi connectivity index (χ1) is 15.9. The second kappa shape index (κ2) is 12.0. The van der Waals surface area contributed by atoms with E-state index in [9.17, 15) is 5.11 Å². The van der Waals surface area contributed by atoms with Gasteiger partial charge in [0.25, 0.3) is 0 Å². The number of ether oxygens (including phenoxy) is 2. The number of aliphatic hydroxyl groups excluding tert-OH is 1. The first-order valence-corrected chi connectivity index (χ1v) is 11.4. The molecule has 0 spiro atoms. The lowest BCUT2D eigenvalue weighted by Gasteiger charge is -2.29. The van der Waals surface area contributed by atoms with E-state index in [0.717, 1.165) is 16.9 Å². The minimum absolute atomic E-state index is 0.196. The Bertz CT molecular complexity index is 1020. The van der Waals surface area contributed by atoms with Gasteiger partial charge in [-0.15, -0.1) is 6.58 Å². The summed E-state index contributed by atoms with van der Waals surface area (Å²) in [6.07, 6.45) is 1.06. The number of halogens is 1. The Hall–Kier alpha value is -2.64. The van der Waals surface area contributed by atoms with Gasteiger partial charge in [0.05, 0.1) is 36.3 Å². The van der Waals surface area contributed by atoms with Gasteiger partial charge in [0.2, 0.25) is 5.88 Å². The molecule has 1 atom stereocenters. The predicted molar refractivity (Wildman–Crippen MR) is 132 cm³/mol. The topological polar surface area (TPSA) is 59.8 Å². The molecule has 7 heteroatoms. The van der Waals surface area contributed by atoms with Gasteiger partial charge in [0.15, 0.2) is 0 Å². The lowest BCUT2D eigenvalue weighted by Crippen LogP contribution is -2.39. The molecule has 3 aromatic rings. The molecule has 2 aromatic carbocycles. The maximum atomic E-state index is 10.5. The van der Waals surface area contributed by atoms with E-state index >= 15 is 0 Å². The second-order valence-corrected chi connectivity index (χ2v) is 8.61. The molecule has 0 bridgehead atoms. The molecule has 0 saturated carbocycles. The molecule has 0 amide bonds. The summed E-state index contributed by atoms with van der Waals surface area (Å²) in [5.41, 5.74) is 2.73. The van der Waals surface area contributed by atoms with Gasteiger partial charge in [-0.3, -0.25) is 4.90 Å². The Labute approximate surface area is 201 Å². The number of aryl methyl sites for hydroxylation is 1. The van der Waals surface area contributed by atoms with Gasteiger partial charge in [-0.25, -0.2) is 4.68 Å². The number of aliphatic hydroxyl groups is 1. The lowest BCUT2D eigenvalue weighted by atomic mass is 10.2. The molecule has 0 aliphatic rings. The van der Waals surface area contributed by atoms with Crippen molar-refractivity contribution in [3.8, 4) is 17.3 Å². The summed E-state index contributed by atoms with van der Waals surface area (Å²) in [5, 5.41) is 15.9. The van der Waals surface area contributed by atoms with E-state index in [0.29, 0.717) is 36.3 Å². The third kappa shape index (κ3) is 6.92. The molecule has 33 heavy (non-hydrogen) atoms. The van der Waals surface area contributed by atoms with Crippen molar-refractivity contribution in [2.45, 2.75) is 39.5 Å². The Morgan fingerprint density at radius 3 is 2.48 bits per heavy atom. The molecule has 3 rings (SSSR count). The fourth-order valence-corrected chi connectivity index (χ4v) is 3.58. The summed E-state index contributed by atoms with van der Waals surface area (Å²) >= 11 is 6.06. The number of aromatic nitrogens is 2. The van der Waals surface area contributed by atoms with Crippen LogP contribution in [0.3, 0.4) is 0 Å². The molecule has 176 valence electrons. The zero-order chi connectivity index (χ0) is 23.8. The van der Waals surface area contributed by atoms with Crippen LogP contribution in [0.4, 0.5) is 0 Å². The molecular weight excluding hydrogens is 438 g/mol. The number of hydrogen-bond donors (Lipinski definition) is 1. The van der Waals surface area contributed by atoms with E-state index in [1.54, 1.807) is 18.2 Å². The molecular formula is C26H32ClN3O3. The molecule has 1 heterocycles. The van der Waals surface area contributed by atoms with Gasteiger partial charge in [0, 0.05) is 24.2 Å². The summed E-state index contributed by atoms with van der Waals surface area (Å²) in [6.45, 7) is 11.5. The zero-order valence-corrected chi connectivity index (χ0v) is 20.2. The molecule has 0 saturated heterocycles. The third-order valence-corrected chi connectivity index (χ3v) is 5.50. The van der Waals surface area contributed by atoms with E-state index in [-0.39, 0.29) is 12.6 Å². The summed E-state index contributed by atoms with van der Waals surface area (Å²) in [5.74, 6) is 1.32. The van der Waals surface area contributed by atoms with E-state index in [1.165, 1.54) is 0 Å². The van der Waals surface area contributed by atoms with Gasteiger partial charge in [-0.1, -0.05) is 35.9 Å². The number of para-hydroxylation sites is 1. The molecule has 1 unspecified atom stereocenters. The highest BCUT2D eigenvalue weighted by molar-refractivity contribution is 6.30. The highest BCUT2D eigenvalue weighted by Gasteiger charge is 2.24. The van der Waals surface area contributed by atoms with Crippen LogP contribution in [-0.2, 0) is 11.3 Å². The van der Waals surface area contributed by atoms with Crippen molar-refractivity contribution < 1.29 is 14.6 Å². The quantitative estimate of drug-likeness (QED) is 0.284. The normalized spacial score (nSPS) is 12.3. The van der Waals surface area contributed by atoms with Crippen molar-refractivity contribution in [3.05, 3.63) is 83.5 Å². The Balaban J connectivity index is 1.92. The van der Waals surface area contributed by atoms with E-state index in [1.807, 2.05) is 54.1 Å². The summed E-state index contributed by atoms with van der Waals surface area (Å²) in [7, 11) is 0. The molecule has 1 N–H and O–H groups in total. The zero-order valence-electron chi connectivity index (χ0n) is 19.4. The van der Waals surface area contributed by atoms with Crippen LogP contribution in [0.2, 0.25) is 5.02 Å². The van der Waals surface area contributed by atoms with Crippen LogP contribution >= 0.6 is 11.6 Å². The first kappa shape index (κ1) is 25.0. The number of hydrogen-bond acceptors (Lipinski definition) is 5. The smallest absolute Gasteiger partial charge is 0.227 e. The van der Waals surface area contributed by atoms with Crippen LogP contribution in [0, 0.1) is 6.92 Å². The van der Waals surface area contributed by atoms with Crippen molar-refractivity contribution in [3.63, 3.8) is 0 Å². The number of rotatable bonds is 12. The SMILES string of the molecule is C=CCOCC(O)CN(Cc1c(C)nn(-c2ccccc2)c1Oc1ccc(Cl)cc1)C(C)C. The van der Waals surface area contributed by atoms with Crippen LogP contribution in [0.5, 0.6) is 11.6 Å². The average Bonchev–Trinajstić information content (AvgIpc) is 3.10. The monoisotopic (exact) mass is 469 g/mol. The second-order valence-electron chi connectivity index (χ2n) is 8.18. The molecule has 0 aliphatic carbocycles. The maximum absolute atomic E-state index is 10.5. The fraction of sp³-hybridized carbons (Fsp3) is 0.346. The molecule has 1 aromatic heterocycles. The van der Waals surface area contributed by atoms with Crippen LogP contribution in [0.15, 0.2) is 67.3 Å².